The highest BCUT2D eigenvalue weighted by atomic mass is 32.1. The summed E-state index contributed by atoms with van der Waals surface area (Å²) >= 11 is 1.34. The Hall–Kier alpha value is -2.35. The lowest BCUT2D eigenvalue weighted by molar-refractivity contribution is 0.102. The number of anilines is 1. The second-order valence-electron chi connectivity index (χ2n) is 5.40. The van der Waals surface area contributed by atoms with Crippen LogP contribution in [0.2, 0.25) is 0 Å². The molecular formula is C14H13N5O2S. The van der Waals surface area contributed by atoms with E-state index in [4.69, 9.17) is 4.52 Å². The summed E-state index contributed by atoms with van der Waals surface area (Å²) in [5.41, 5.74) is 2.49. The molecule has 4 rings (SSSR count). The maximum absolute atomic E-state index is 12.6. The van der Waals surface area contributed by atoms with Crippen molar-refractivity contribution >= 4 is 33.5 Å². The van der Waals surface area contributed by atoms with E-state index in [1.807, 2.05) is 13.0 Å². The molecule has 0 saturated heterocycles. The predicted molar refractivity (Wildman–Crippen MR) is 81.1 cm³/mol. The molecule has 0 aliphatic heterocycles. The molecule has 112 valence electrons. The molecule has 1 fully saturated rings. The van der Waals surface area contributed by atoms with Gasteiger partial charge in [0, 0.05) is 11.6 Å². The van der Waals surface area contributed by atoms with Gasteiger partial charge in [0.25, 0.3) is 11.6 Å². The van der Waals surface area contributed by atoms with E-state index in [0.717, 1.165) is 23.5 Å². The number of hydrogen-bond acceptors (Lipinski definition) is 7. The van der Waals surface area contributed by atoms with Crippen molar-refractivity contribution in [1.29, 1.82) is 0 Å². The van der Waals surface area contributed by atoms with Gasteiger partial charge in [-0.1, -0.05) is 16.5 Å². The van der Waals surface area contributed by atoms with Crippen molar-refractivity contribution in [3.63, 3.8) is 0 Å². The molecule has 0 atom stereocenters. The van der Waals surface area contributed by atoms with Crippen LogP contribution in [0.15, 0.2) is 10.6 Å². The van der Waals surface area contributed by atoms with E-state index in [2.05, 4.69) is 25.7 Å². The fraction of sp³-hybridized carbons (Fsp3) is 0.357. The zero-order valence-corrected chi connectivity index (χ0v) is 12.9. The summed E-state index contributed by atoms with van der Waals surface area (Å²) in [5, 5.41) is 16.5. The van der Waals surface area contributed by atoms with Gasteiger partial charge in [-0.05, 0) is 32.8 Å². The molecule has 1 aliphatic carbocycles. The minimum Gasteiger partial charge on any atom is -0.336 e. The Morgan fingerprint density at radius 1 is 1.36 bits per heavy atom. The summed E-state index contributed by atoms with van der Waals surface area (Å²) in [7, 11) is 0. The number of aryl methyl sites for hydroxylation is 2. The van der Waals surface area contributed by atoms with Gasteiger partial charge in [-0.3, -0.25) is 10.1 Å². The average molecular weight is 315 g/mol. The van der Waals surface area contributed by atoms with Gasteiger partial charge < -0.3 is 4.52 Å². The molecular weight excluding hydrogens is 302 g/mol. The molecule has 0 aromatic carbocycles. The van der Waals surface area contributed by atoms with Crippen LogP contribution in [0.1, 0.15) is 45.5 Å². The minimum absolute atomic E-state index is 0.239. The highest BCUT2D eigenvalue weighted by molar-refractivity contribution is 7.15. The Morgan fingerprint density at radius 2 is 2.18 bits per heavy atom. The van der Waals surface area contributed by atoms with Gasteiger partial charge in [0.15, 0.2) is 0 Å². The van der Waals surface area contributed by atoms with Crippen LogP contribution in [0, 0.1) is 13.8 Å². The number of pyridine rings is 1. The zero-order valence-electron chi connectivity index (χ0n) is 12.1. The fourth-order valence-corrected chi connectivity index (χ4v) is 2.98. The first-order chi connectivity index (χ1) is 10.6. The third-order valence-corrected chi connectivity index (χ3v) is 4.38. The summed E-state index contributed by atoms with van der Waals surface area (Å²) in [4.78, 5) is 17.1. The van der Waals surface area contributed by atoms with Crippen LogP contribution in [0.4, 0.5) is 5.13 Å². The Labute approximate surface area is 129 Å². The van der Waals surface area contributed by atoms with Crippen LogP contribution in [0.5, 0.6) is 0 Å². The maximum Gasteiger partial charge on any atom is 0.259 e. The van der Waals surface area contributed by atoms with Crippen molar-refractivity contribution in [3.05, 3.63) is 28.0 Å². The number of amides is 1. The fourth-order valence-electron chi connectivity index (χ4n) is 2.39. The molecule has 3 aromatic rings. The highest BCUT2D eigenvalue weighted by Gasteiger charge is 2.28. The Kier molecular flexibility index (Phi) is 2.93. The van der Waals surface area contributed by atoms with E-state index in [-0.39, 0.29) is 5.91 Å². The standard InChI is InChI=1S/C14H13N5O2S/c1-6-11-9(12(20)16-14-18-17-7(2)22-14)5-10(8-3-4-8)15-13(11)21-19-6/h5,8H,3-4H2,1-2H3,(H,16,18,20). The number of carbonyl (C=O) groups is 1. The van der Waals surface area contributed by atoms with Gasteiger partial charge in [0.1, 0.15) is 5.01 Å². The second kappa shape index (κ2) is 4.84. The van der Waals surface area contributed by atoms with Gasteiger partial charge in [0.2, 0.25) is 5.13 Å². The van der Waals surface area contributed by atoms with Gasteiger partial charge >= 0.3 is 0 Å². The van der Waals surface area contributed by atoms with Gasteiger partial charge in [-0.25, -0.2) is 4.98 Å². The molecule has 1 amide bonds. The molecule has 3 heterocycles. The lowest BCUT2D eigenvalue weighted by Gasteiger charge is -2.05. The van der Waals surface area contributed by atoms with E-state index >= 15 is 0 Å². The topological polar surface area (TPSA) is 93.8 Å². The van der Waals surface area contributed by atoms with Crippen molar-refractivity contribution in [2.45, 2.75) is 32.6 Å². The minimum atomic E-state index is -0.239. The third-order valence-electron chi connectivity index (χ3n) is 3.62. The lowest BCUT2D eigenvalue weighted by Crippen LogP contribution is -2.13. The van der Waals surface area contributed by atoms with Crippen LogP contribution in [0.25, 0.3) is 11.1 Å². The summed E-state index contributed by atoms with van der Waals surface area (Å²) in [5.74, 6) is 0.182. The lowest BCUT2D eigenvalue weighted by atomic mass is 10.1. The van der Waals surface area contributed by atoms with Crippen molar-refractivity contribution in [2.75, 3.05) is 5.32 Å². The monoisotopic (exact) mass is 315 g/mol. The first-order valence-electron chi connectivity index (χ1n) is 7.00. The van der Waals surface area contributed by atoms with Crippen molar-refractivity contribution < 1.29 is 9.32 Å². The zero-order chi connectivity index (χ0) is 15.3. The molecule has 0 bridgehead atoms. The van der Waals surface area contributed by atoms with Gasteiger partial charge in [-0.2, -0.15) is 0 Å². The molecule has 3 aromatic heterocycles. The molecule has 7 nitrogen and oxygen atoms in total. The van der Waals surface area contributed by atoms with Crippen LogP contribution in [-0.4, -0.2) is 26.2 Å². The summed E-state index contributed by atoms with van der Waals surface area (Å²) in [6, 6.07) is 1.84. The number of nitrogens with zero attached hydrogens (tertiary/aromatic N) is 4. The molecule has 0 unspecified atom stereocenters. The average Bonchev–Trinajstić information content (AvgIpc) is 3.18. The maximum atomic E-state index is 12.6. The van der Waals surface area contributed by atoms with Crippen LogP contribution >= 0.6 is 11.3 Å². The van der Waals surface area contributed by atoms with Gasteiger partial charge in [0.05, 0.1) is 16.6 Å². The summed E-state index contributed by atoms with van der Waals surface area (Å²) < 4.78 is 5.25. The van der Waals surface area contributed by atoms with Crippen LogP contribution in [-0.2, 0) is 0 Å². The van der Waals surface area contributed by atoms with Crippen molar-refractivity contribution in [3.8, 4) is 0 Å². The van der Waals surface area contributed by atoms with E-state index in [1.165, 1.54) is 11.3 Å². The molecule has 1 aliphatic rings. The van der Waals surface area contributed by atoms with E-state index < -0.39 is 0 Å². The normalized spacial score (nSPS) is 14.5. The van der Waals surface area contributed by atoms with E-state index in [0.29, 0.717) is 33.4 Å². The molecule has 8 heteroatoms. The Bertz CT molecular complexity index is 881. The molecule has 22 heavy (non-hydrogen) atoms. The van der Waals surface area contributed by atoms with Crippen LogP contribution < -0.4 is 5.32 Å². The van der Waals surface area contributed by atoms with Crippen LogP contribution in [0.3, 0.4) is 0 Å². The number of aromatic nitrogens is 4. The van der Waals surface area contributed by atoms with Crippen molar-refractivity contribution in [1.82, 2.24) is 20.3 Å². The Morgan fingerprint density at radius 3 is 2.86 bits per heavy atom. The highest BCUT2D eigenvalue weighted by Crippen LogP contribution is 2.40. The van der Waals surface area contributed by atoms with Crippen molar-refractivity contribution in [2.24, 2.45) is 0 Å². The first kappa shape index (κ1) is 13.3. The number of carbonyl (C=O) groups excluding carboxylic acids is 1. The largest absolute Gasteiger partial charge is 0.336 e. The molecule has 1 saturated carbocycles. The van der Waals surface area contributed by atoms with E-state index in [9.17, 15) is 4.79 Å². The summed E-state index contributed by atoms with van der Waals surface area (Å²) in [6.07, 6.45) is 2.20. The third kappa shape index (κ3) is 2.25. The smallest absolute Gasteiger partial charge is 0.259 e. The number of nitrogens with one attached hydrogen (secondary N) is 1. The van der Waals surface area contributed by atoms with E-state index in [1.54, 1.807) is 6.92 Å². The quantitative estimate of drug-likeness (QED) is 0.798. The molecule has 1 N–H and O–H groups in total. The number of fused-ring (bicyclic) bond motifs is 1. The number of rotatable bonds is 3. The number of hydrogen-bond donors (Lipinski definition) is 1. The first-order valence-corrected chi connectivity index (χ1v) is 7.82. The SMILES string of the molecule is Cc1nnc(NC(=O)c2cc(C3CC3)nc3onc(C)c23)s1. The summed E-state index contributed by atoms with van der Waals surface area (Å²) in [6.45, 7) is 3.64. The molecule has 0 radical (unpaired) electrons. The predicted octanol–water partition coefficient (Wildman–Crippen LogP) is 2.82. The van der Waals surface area contributed by atoms with Gasteiger partial charge in [-0.15, -0.1) is 10.2 Å². The Balaban J connectivity index is 1.78. The molecule has 0 spiro atoms. The second-order valence-corrected chi connectivity index (χ2v) is 6.58.